The Bertz CT molecular complexity index is 1460. The molecular weight excluding hydrogens is 510 g/mol. The van der Waals surface area contributed by atoms with Crippen molar-refractivity contribution in [1.29, 1.82) is 0 Å². The van der Waals surface area contributed by atoms with Gasteiger partial charge in [-0.1, -0.05) is 19.9 Å². The molecule has 1 saturated heterocycles. The maximum Gasteiger partial charge on any atom is 0.242 e. The van der Waals surface area contributed by atoms with Crippen LogP contribution in [0.25, 0.3) is 27.5 Å². The Morgan fingerprint density at radius 3 is 2.67 bits per heavy atom. The third kappa shape index (κ3) is 5.44. The number of aromatic nitrogens is 4. The number of nitrogens with zero attached hydrogens (tertiary/aromatic N) is 6. The summed E-state index contributed by atoms with van der Waals surface area (Å²) in [4.78, 5) is 41.2. The lowest BCUT2D eigenvalue weighted by Gasteiger charge is -2.40. The molecule has 1 amide bonds. The second kappa shape index (κ2) is 11.6. The second-order valence-corrected chi connectivity index (χ2v) is 10.8. The summed E-state index contributed by atoms with van der Waals surface area (Å²) in [7, 11) is 1.64. The van der Waals surface area contributed by atoms with Crippen molar-refractivity contribution in [2.75, 3.05) is 31.6 Å². The van der Waals surface area contributed by atoms with Crippen LogP contribution in [0.3, 0.4) is 0 Å². The van der Waals surface area contributed by atoms with Crippen molar-refractivity contribution in [2.45, 2.75) is 52.1 Å². The molecule has 0 unspecified atom stereocenters. The molecule has 10 heteroatoms. The van der Waals surface area contributed by atoms with Gasteiger partial charge in [-0.05, 0) is 62.5 Å². The molecule has 4 aromatic rings. The molecule has 0 radical (unpaired) electrons. The number of pyridine rings is 1. The summed E-state index contributed by atoms with van der Waals surface area (Å²) in [6.07, 6.45) is 5.60. The summed E-state index contributed by atoms with van der Waals surface area (Å²) < 4.78 is 1.73. The zero-order valence-electron chi connectivity index (χ0n) is 22.9. The lowest BCUT2D eigenvalue weighted by molar-refractivity contribution is -0.123. The van der Waals surface area contributed by atoms with Crippen LogP contribution in [-0.2, 0) is 4.79 Å². The third-order valence-corrected chi connectivity index (χ3v) is 8.53. The molecule has 204 valence electrons. The van der Waals surface area contributed by atoms with E-state index < -0.39 is 0 Å². The van der Waals surface area contributed by atoms with Gasteiger partial charge < -0.3 is 15.1 Å². The molecule has 1 N–H and O–H groups in total. The van der Waals surface area contributed by atoms with E-state index in [0.717, 1.165) is 42.1 Å². The number of nitrogens with one attached hydrogen (secondary N) is 1. The van der Waals surface area contributed by atoms with Gasteiger partial charge in [0.1, 0.15) is 11.9 Å². The number of carbonyl (C=O) groups is 2. The first-order valence-corrected chi connectivity index (χ1v) is 14.5. The van der Waals surface area contributed by atoms with Crippen molar-refractivity contribution in [1.82, 2.24) is 29.8 Å². The Hall–Kier alpha value is -3.63. The molecule has 0 saturated carbocycles. The maximum absolute atomic E-state index is 13.5. The van der Waals surface area contributed by atoms with Crippen LogP contribution < -0.4 is 10.2 Å². The van der Waals surface area contributed by atoms with Gasteiger partial charge in [-0.15, -0.1) is 11.3 Å². The molecule has 4 aromatic heterocycles. The van der Waals surface area contributed by atoms with Crippen molar-refractivity contribution in [2.24, 2.45) is 0 Å². The normalized spacial score (nSPS) is 15.9. The first-order chi connectivity index (χ1) is 18.9. The number of hydrogen-bond donors (Lipinski definition) is 1. The summed E-state index contributed by atoms with van der Waals surface area (Å²) in [5, 5.41) is 9.27. The van der Waals surface area contributed by atoms with Crippen molar-refractivity contribution in [3.05, 3.63) is 53.7 Å². The highest BCUT2D eigenvalue weighted by Gasteiger charge is 2.35. The Kier molecular flexibility index (Phi) is 8.04. The number of rotatable bonds is 11. The molecule has 0 aromatic carbocycles. The smallest absolute Gasteiger partial charge is 0.242 e. The summed E-state index contributed by atoms with van der Waals surface area (Å²) in [5.41, 5.74) is 3.50. The molecule has 5 rings (SSSR count). The van der Waals surface area contributed by atoms with Crippen molar-refractivity contribution >= 4 is 34.5 Å². The van der Waals surface area contributed by atoms with E-state index in [0.29, 0.717) is 41.7 Å². The Morgan fingerprint density at radius 1 is 1.18 bits per heavy atom. The fraction of sp³-hybridized carbons (Fsp3) is 0.414. The predicted molar refractivity (Wildman–Crippen MR) is 155 cm³/mol. The third-order valence-electron chi connectivity index (χ3n) is 7.64. The summed E-state index contributed by atoms with van der Waals surface area (Å²) >= 11 is 1.63. The Balaban J connectivity index is 1.52. The largest absolute Gasteiger partial charge is 0.357 e. The number of hydrogen-bond acceptors (Lipinski definition) is 8. The minimum absolute atomic E-state index is 0.0485. The molecule has 1 aliphatic rings. The van der Waals surface area contributed by atoms with Crippen LogP contribution in [0.4, 0.5) is 5.82 Å². The van der Waals surface area contributed by atoms with E-state index >= 15 is 0 Å². The van der Waals surface area contributed by atoms with Gasteiger partial charge in [-0.3, -0.25) is 9.59 Å². The molecule has 0 spiro atoms. The topological polar surface area (TPSA) is 95.7 Å². The highest BCUT2D eigenvalue weighted by atomic mass is 32.1. The predicted octanol–water partition coefficient (Wildman–Crippen LogP) is 4.54. The van der Waals surface area contributed by atoms with Gasteiger partial charge in [0.25, 0.3) is 0 Å². The van der Waals surface area contributed by atoms with Gasteiger partial charge in [0.2, 0.25) is 5.91 Å². The second-order valence-electron chi connectivity index (χ2n) is 9.86. The maximum atomic E-state index is 13.5. The number of thiophene rings is 1. The van der Waals surface area contributed by atoms with E-state index in [-0.39, 0.29) is 17.7 Å². The first kappa shape index (κ1) is 27.0. The molecule has 1 aliphatic heterocycles. The molecule has 39 heavy (non-hydrogen) atoms. The fourth-order valence-corrected chi connectivity index (χ4v) is 5.88. The highest BCUT2D eigenvalue weighted by molar-refractivity contribution is 7.13. The zero-order chi connectivity index (χ0) is 27.5. The molecule has 0 bridgehead atoms. The number of fused-ring (bicyclic) bond motifs is 1. The molecule has 1 fully saturated rings. The minimum atomic E-state index is -0.296. The van der Waals surface area contributed by atoms with Crippen LogP contribution in [0.2, 0.25) is 0 Å². The summed E-state index contributed by atoms with van der Waals surface area (Å²) in [6, 6.07) is 9.69. The first-order valence-electron chi connectivity index (χ1n) is 13.6. The average Bonchev–Trinajstić information content (AvgIpc) is 3.61. The van der Waals surface area contributed by atoms with Gasteiger partial charge >= 0.3 is 0 Å². The zero-order valence-corrected chi connectivity index (χ0v) is 23.7. The van der Waals surface area contributed by atoms with E-state index in [1.807, 2.05) is 46.8 Å². The number of anilines is 1. The van der Waals surface area contributed by atoms with E-state index in [9.17, 15) is 9.59 Å². The van der Waals surface area contributed by atoms with Crippen LogP contribution in [0.15, 0.2) is 48.1 Å². The number of Topliss-reactive ketones (excluding diaryl/α,β-unsaturated/α-hetero) is 1. The quantitative estimate of drug-likeness (QED) is 0.277. The molecule has 2 atom stereocenters. The average molecular weight is 546 g/mol. The number of amides is 1. The van der Waals surface area contributed by atoms with Crippen LogP contribution >= 0.6 is 11.3 Å². The van der Waals surface area contributed by atoms with E-state index in [4.69, 9.17) is 9.97 Å². The minimum Gasteiger partial charge on any atom is -0.357 e. The Morgan fingerprint density at radius 2 is 2.00 bits per heavy atom. The standard InChI is InChI=1S/C29H35N7O2S/c1-5-34(6-2)19(3)9-10-25(37)20-16-23(32-27(17-20)35-13-12-24(35)29(38)30-4)21-18-31-36-14-11-22(33-28(21)36)26-8-7-15-39-26/h7-8,11,14-19,24H,5-6,9-10,12-13H2,1-4H3,(H,30,38)/t19-,24+/m0/s1. The highest BCUT2D eigenvalue weighted by Crippen LogP contribution is 2.32. The molecule has 5 heterocycles. The lowest BCUT2D eigenvalue weighted by Crippen LogP contribution is -2.56. The SMILES string of the molecule is CCN(CC)[C@@H](C)CCC(=O)c1cc(-c2cnn3ccc(-c4cccs4)nc23)nc(N2CC[C@@H]2C(=O)NC)c1. The van der Waals surface area contributed by atoms with Gasteiger partial charge in [0.15, 0.2) is 11.4 Å². The summed E-state index contributed by atoms with van der Waals surface area (Å²) in [5.74, 6) is 0.647. The number of ketones is 1. The monoisotopic (exact) mass is 545 g/mol. The van der Waals surface area contributed by atoms with E-state index in [1.54, 1.807) is 29.1 Å². The van der Waals surface area contributed by atoms with E-state index in [2.05, 4.69) is 36.1 Å². The van der Waals surface area contributed by atoms with Crippen LogP contribution in [0, 0.1) is 0 Å². The van der Waals surface area contributed by atoms with E-state index in [1.165, 1.54) is 0 Å². The van der Waals surface area contributed by atoms with Crippen molar-refractivity contribution in [3.63, 3.8) is 0 Å². The van der Waals surface area contributed by atoms with Gasteiger partial charge in [-0.2, -0.15) is 5.10 Å². The lowest BCUT2D eigenvalue weighted by atomic mass is 9.99. The van der Waals surface area contributed by atoms with Crippen LogP contribution in [0.5, 0.6) is 0 Å². The van der Waals surface area contributed by atoms with Gasteiger partial charge in [0.05, 0.1) is 28.0 Å². The van der Waals surface area contributed by atoms with Gasteiger partial charge in [-0.25, -0.2) is 14.5 Å². The Labute approximate surface area is 232 Å². The molecule has 9 nitrogen and oxygen atoms in total. The number of carbonyl (C=O) groups excluding carboxylic acids is 2. The van der Waals surface area contributed by atoms with Crippen molar-refractivity contribution < 1.29 is 9.59 Å². The van der Waals surface area contributed by atoms with Crippen molar-refractivity contribution in [3.8, 4) is 21.8 Å². The molecule has 0 aliphatic carbocycles. The van der Waals surface area contributed by atoms with Gasteiger partial charge in [0, 0.05) is 37.8 Å². The summed E-state index contributed by atoms with van der Waals surface area (Å²) in [6.45, 7) is 9.09. The van der Waals surface area contributed by atoms with Crippen LogP contribution in [0.1, 0.15) is 50.4 Å². The molecular formula is C29H35N7O2S. The van der Waals surface area contributed by atoms with Crippen LogP contribution in [-0.4, -0.2) is 74.9 Å². The fourth-order valence-electron chi connectivity index (χ4n) is 5.19. The number of likely N-dealkylation sites (N-methyl/N-ethyl adjacent to an activating group) is 1.